The van der Waals surface area contributed by atoms with Gasteiger partial charge in [0.15, 0.2) is 0 Å². The summed E-state index contributed by atoms with van der Waals surface area (Å²) in [5, 5.41) is 3.44. The summed E-state index contributed by atoms with van der Waals surface area (Å²) in [6.45, 7) is 7.08. The van der Waals surface area contributed by atoms with Gasteiger partial charge in [-0.25, -0.2) is 4.39 Å². The van der Waals surface area contributed by atoms with Gasteiger partial charge >= 0.3 is 0 Å². The van der Waals surface area contributed by atoms with E-state index in [1.54, 1.807) is 12.1 Å². The maximum Gasteiger partial charge on any atom is 0.123 e. The van der Waals surface area contributed by atoms with Crippen LogP contribution in [0.25, 0.3) is 0 Å². The smallest absolute Gasteiger partial charge is 0.123 e. The fraction of sp³-hybridized carbons (Fsp3) is 0.375. The molecule has 0 bridgehead atoms. The molecule has 0 radical (unpaired) electrons. The summed E-state index contributed by atoms with van der Waals surface area (Å²) in [6.07, 6.45) is 0. The number of nitrogens with zero attached hydrogens (tertiary/aromatic N) is 1. The maximum atomic E-state index is 13.2. The van der Waals surface area contributed by atoms with Gasteiger partial charge < -0.3 is 9.88 Å². The molecule has 0 amide bonds. The minimum absolute atomic E-state index is 0.135. The molecule has 3 heteroatoms. The van der Waals surface area contributed by atoms with Crippen molar-refractivity contribution in [1.29, 1.82) is 0 Å². The van der Waals surface area contributed by atoms with E-state index in [-0.39, 0.29) is 11.9 Å². The molecule has 1 aromatic carbocycles. The van der Waals surface area contributed by atoms with Gasteiger partial charge in [-0.1, -0.05) is 12.1 Å². The lowest BCUT2D eigenvalue weighted by Crippen LogP contribution is -2.18. The molecule has 2 nitrogen and oxygen atoms in total. The second-order valence-corrected chi connectivity index (χ2v) is 5.11. The molecule has 0 aliphatic rings. The SMILES string of the molecule is Cc1cc(CNC(C)c2cccc(F)c2)c(C)n1C. The molecule has 19 heavy (non-hydrogen) atoms. The Morgan fingerprint density at radius 3 is 2.58 bits per heavy atom. The third-order valence-electron chi connectivity index (χ3n) is 3.83. The molecule has 1 N–H and O–H groups in total. The van der Waals surface area contributed by atoms with Crippen LogP contribution in [-0.2, 0) is 13.6 Å². The normalized spacial score (nSPS) is 12.7. The maximum absolute atomic E-state index is 13.2. The van der Waals surface area contributed by atoms with Crippen molar-refractivity contribution in [2.24, 2.45) is 7.05 Å². The van der Waals surface area contributed by atoms with E-state index >= 15 is 0 Å². The van der Waals surface area contributed by atoms with Crippen LogP contribution in [-0.4, -0.2) is 4.57 Å². The molecule has 0 fully saturated rings. The van der Waals surface area contributed by atoms with Gasteiger partial charge in [0.05, 0.1) is 0 Å². The highest BCUT2D eigenvalue weighted by atomic mass is 19.1. The third kappa shape index (κ3) is 3.04. The Balaban J connectivity index is 2.04. The molecule has 1 aromatic heterocycles. The Bertz CT molecular complexity index is 572. The van der Waals surface area contributed by atoms with Gasteiger partial charge in [0.2, 0.25) is 0 Å². The largest absolute Gasteiger partial charge is 0.352 e. The summed E-state index contributed by atoms with van der Waals surface area (Å²) in [5.41, 5.74) is 4.80. The van der Waals surface area contributed by atoms with Gasteiger partial charge in [0.25, 0.3) is 0 Å². The van der Waals surface area contributed by atoms with E-state index in [1.807, 2.05) is 6.07 Å². The minimum Gasteiger partial charge on any atom is -0.352 e. The standard InChI is InChI=1S/C16H21FN2/c1-11-8-15(13(3)19(11)4)10-18-12(2)14-6-5-7-16(17)9-14/h5-9,12,18H,10H2,1-4H3. The summed E-state index contributed by atoms with van der Waals surface area (Å²) >= 11 is 0. The number of halogens is 1. The molecular formula is C16H21FN2. The molecule has 2 rings (SSSR count). The first-order chi connectivity index (χ1) is 8.99. The van der Waals surface area contributed by atoms with Crippen molar-refractivity contribution < 1.29 is 4.39 Å². The number of aryl methyl sites for hydroxylation is 1. The van der Waals surface area contributed by atoms with Crippen LogP contribution >= 0.6 is 0 Å². The summed E-state index contributed by atoms with van der Waals surface area (Å²) in [5.74, 6) is -0.183. The summed E-state index contributed by atoms with van der Waals surface area (Å²) in [7, 11) is 2.07. The zero-order chi connectivity index (χ0) is 14.0. The van der Waals surface area contributed by atoms with Crippen LogP contribution in [0.1, 0.15) is 35.5 Å². The third-order valence-corrected chi connectivity index (χ3v) is 3.83. The molecule has 0 saturated heterocycles. The first-order valence-corrected chi connectivity index (χ1v) is 6.59. The van der Waals surface area contributed by atoms with E-state index in [9.17, 15) is 4.39 Å². The van der Waals surface area contributed by atoms with Crippen LogP contribution in [0.15, 0.2) is 30.3 Å². The van der Waals surface area contributed by atoms with E-state index in [1.165, 1.54) is 23.0 Å². The van der Waals surface area contributed by atoms with Crippen LogP contribution in [0.2, 0.25) is 0 Å². The topological polar surface area (TPSA) is 17.0 Å². The Hall–Kier alpha value is -1.61. The number of benzene rings is 1. The average Bonchev–Trinajstić information content (AvgIpc) is 2.63. The highest BCUT2D eigenvalue weighted by molar-refractivity contribution is 5.27. The molecule has 2 aromatic rings. The van der Waals surface area contributed by atoms with Crippen molar-refractivity contribution in [3.63, 3.8) is 0 Å². The Kier molecular flexibility index (Phi) is 4.05. The van der Waals surface area contributed by atoms with Gasteiger partial charge in [0.1, 0.15) is 5.82 Å². The van der Waals surface area contributed by atoms with Crippen molar-refractivity contribution in [3.8, 4) is 0 Å². The summed E-state index contributed by atoms with van der Waals surface area (Å²) in [6, 6.07) is 9.09. The van der Waals surface area contributed by atoms with Crippen LogP contribution < -0.4 is 5.32 Å². The predicted octanol–water partition coefficient (Wildman–Crippen LogP) is 3.63. The highest BCUT2D eigenvalue weighted by Crippen LogP contribution is 2.17. The molecule has 102 valence electrons. The lowest BCUT2D eigenvalue weighted by atomic mass is 10.1. The lowest BCUT2D eigenvalue weighted by Gasteiger charge is -2.14. The fourth-order valence-electron chi connectivity index (χ4n) is 2.27. The first kappa shape index (κ1) is 13.8. The van der Waals surface area contributed by atoms with Gasteiger partial charge in [-0.15, -0.1) is 0 Å². The molecule has 0 spiro atoms. The van der Waals surface area contributed by atoms with Crippen molar-refractivity contribution in [2.75, 3.05) is 0 Å². The van der Waals surface area contributed by atoms with Crippen molar-refractivity contribution in [3.05, 3.63) is 58.7 Å². The van der Waals surface area contributed by atoms with E-state index in [4.69, 9.17) is 0 Å². The van der Waals surface area contributed by atoms with Gasteiger partial charge in [-0.3, -0.25) is 0 Å². The molecule has 1 unspecified atom stereocenters. The quantitative estimate of drug-likeness (QED) is 0.888. The van der Waals surface area contributed by atoms with Crippen LogP contribution in [0.5, 0.6) is 0 Å². The minimum atomic E-state index is -0.183. The van der Waals surface area contributed by atoms with Gasteiger partial charge in [0, 0.05) is 31.0 Å². The first-order valence-electron chi connectivity index (χ1n) is 6.59. The Morgan fingerprint density at radius 2 is 2.00 bits per heavy atom. The van der Waals surface area contributed by atoms with Gasteiger partial charge in [-0.05, 0) is 50.1 Å². The number of rotatable bonds is 4. The van der Waals surface area contributed by atoms with E-state index in [0.717, 1.165) is 12.1 Å². The Morgan fingerprint density at radius 1 is 1.26 bits per heavy atom. The zero-order valence-electron chi connectivity index (χ0n) is 12.0. The summed E-state index contributed by atoms with van der Waals surface area (Å²) in [4.78, 5) is 0. The van der Waals surface area contributed by atoms with Crippen LogP contribution in [0.3, 0.4) is 0 Å². The van der Waals surface area contributed by atoms with Crippen molar-refractivity contribution >= 4 is 0 Å². The van der Waals surface area contributed by atoms with Crippen molar-refractivity contribution in [1.82, 2.24) is 9.88 Å². The summed E-state index contributed by atoms with van der Waals surface area (Å²) < 4.78 is 15.4. The van der Waals surface area contributed by atoms with Crippen molar-refractivity contribution in [2.45, 2.75) is 33.4 Å². The second kappa shape index (κ2) is 5.57. The monoisotopic (exact) mass is 260 g/mol. The molecule has 0 aliphatic carbocycles. The van der Waals surface area contributed by atoms with Crippen LogP contribution in [0, 0.1) is 19.7 Å². The molecule has 0 saturated carbocycles. The molecule has 1 atom stereocenters. The predicted molar refractivity (Wildman–Crippen MR) is 76.5 cm³/mol. The number of hydrogen-bond acceptors (Lipinski definition) is 1. The molecule has 0 aliphatic heterocycles. The van der Waals surface area contributed by atoms with Crippen LogP contribution in [0.4, 0.5) is 4.39 Å². The number of aromatic nitrogens is 1. The number of nitrogens with one attached hydrogen (secondary N) is 1. The van der Waals surface area contributed by atoms with E-state index in [2.05, 4.69) is 43.8 Å². The van der Waals surface area contributed by atoms with E-state index in [0.29, 0.717) is 0 Å². The lowest BCUT2D eigenvalue weighted by molar-refractivity contribution is 0.563. The average molecular weight is 260 g/mol. The molecular weight excluding hydrogens is 239 g/mol. The fourth-order valence-corrected chi connectivity index (χ4v) is 2.27. The Labute approximate surface area is 114 Å². The van der Waals surface area contributed by atoms with E-state index < -0.39 is 0 Å². The molecule has 1 heterocycles. The van der Waals surface area contributed by atoms with Gasteiger partial charge in [-0.2, -0.15) is 0 Å². The second-order valence-electron chi connectivity index (χ2n) is 5.11. The highest BCUT2D eigenvalue weighted by Gasteiger charge is 2.09. The zero-order valence-corrected chi connectivity index (χ0v) is 12.0. The number of hydrogen-bond donors (Lipinski definition) is 1.